The molecule has 0 aliphatic rings. The zero-order valence-corrected chi connectivity index (χ0v) is 12.7. The summed E-state index contributed by atoms with van der Waals surface area (Å²) < 4.78 is 5.24. The van der Waals surface area contributed by atoms with Crippen LogP contribution in [0, 0.1) is 0 Å². The molecule has 110 valence electrons. The van der Waals surface area contributed by atoms with E-state index in [0.29, 0.717) is 12.6 Å². The van der Waals surface area contributed by atoms with E-state index < -0.39 is 0 Å². The van der Waals surface area contributed by atoms with Crippen molar-refractivity contribution < 1.29 is 4.52 Å². The Morgan fingerprint density at radius 3 is 2.42 bits per heavy atom. The lowest BCUT2D eigenvalue weighted by atomic mass is 10.1. The molecule has 4 nitrogen and oxygen atoms in total. The van der Waals surface area contributed by atoms with Gasteiger partial charge in [-0.05, 0) is 6.42 Å². The van der Waals surface area contributed by atoms with Gasteiger partial charge < -0.3 is 9.84 Å². The fraction of sp³-hybridized carbons (Fsp3) is 0.867. The predicted molar refractivity (Wildman–Crippen MR) is 78.0 cm³/mol. The van der Waals surface area contributed by atoms with Crippen LogP contribution < -0.4 is 5.32 Å². The van der Waals surface area contributed by atoms with E-state index in [1.165, 1.54) is 38.5 Å². The second-order valence-corrected chi connectivity index (χ2v) is 5.51. The molecule has 1 N–H and O–H groups in total. The van der Waals surface area contributed by atoms with Crippen molar-refractivity contribution in [2.24, 2.45) is 0 Å². The lowest BCUT2D eigenvalue weighted by molar-refractivity contribution is 0.366. The second-order valence-electron chi connectivity index (χ2n) is 5.51. The minimum Gasteiger partial charge on any atom is -0.339 e. The van der Waals surface area contributed by atoms with Gasteiger partial charge in [-0.2, -0.15) is 4.98 Å². The lowest BCUT2D eigenvalue weighted by Gasteiger charge is -2.03. The number of rotatable bonds is 11. The van der Waals surface area contributed by atoms with Crippen LogP contribution in [-0.2, 0) is 13.0 Å². The minimum atomic E-state index is 0.449. The maximum absolute atomic E-state index is 5.24. The van der Waals surface area contributed by atoms with Crippen LogP contribution in [0.1, 0.15) is 77.4 Å². The van der Waals surface area contributed by atoms with E-state index >= 15 is 0 Å². The molecule has 0 aromatic carbocycles. The Morgan fingerprint density at radius 1 is 1.05 bits per heavy atom. The van der Waals surface area contributed by atoms with Crippen molar-refractivity contribution in [2.75, 3.05) is 0 Å². The van der Waals surface area contributed by atoms with Crippen LogP contribution in [0.4, 0.5) is 0 Å². The summed E-state index contributed by atoms with van der Waals surface area (Å²) in [5, 5.41) is 7.26. The van der Waals surface area contributed by atoms with Crippen molar-refractivity contribution in [1.29, 1.82) is 0 Å². The van der Waals surface area contributed by atoms with Crippen molar-refractivity contribution in [1.82, 2.24) is 15.5 Å². The van der Waals surface area contributed by atoms with Crippen LogP contribution in [0.25, 0.3) is 0 Å². The standard InChI is InChI=1S/C15H29N3O/c1-4-5-6-7-8-9-10-11-15-17-14(18-19-15)12-16-13(2)3/h13,16H,4-12H2,1-3H3. The van der Waals surface area contributed by atoms with Crippen LogP contribution >= 0.6 is 0 Å². The van der Waals surface area contributed by atoms with Gasteiger partial charge >= 0.3 is 0 Å². The Bertz CT molecular complexity index is 323. The van der Waals surface area contributed by atoms with Gasteiger partial charge in [-0.15, -0.1) is 0 Å². The molecule has 1 aromatic rings. The fourth-order valence-electron chi connectivity index (χ4n) is 1.99. The summed E-state index contributed by atoms with van der Waals surface area (Å²) in [6, 6.07) is 0.449. The quantitative estimate of drug-likeness (QED) is 0.618. The highest BCUT2D eigenvalue weighted by atomic mass is 16.5. The third-order valence-corrected chi connectivity index (χ3v) is 3.17. The number of aromatic nitrogens is 2. The topological polar surface area (TPSA) is 51.0 Å². The van der Waals surface area contributed by atoms with Gasteiger partial charge in [0.1, 0.15) is 0 Å². The van der Waals surface area contributed by atoms with Crippen molar-refractivity contribution in [3.63, 3.8) is 0 Å². The molecule has 1 heterocycles. The number of nitrogens with zero attached hydrogens (tertiary/aromatic N) is 2. The molecule has 0 unspecified atom stereocenters. The van der Waals surface area contributed by atoms with E-state index in [-0.39, 0.29) is 0 Å². The number of unbranched alkanes of at least 4 members (excludes halogenated alkanes) is 6. The Kier molecular flexibility index (Phi) is 8.47. The van der Waals surface area contributed by atoms with E-state index in [1.807, 2.05) is 0 Å². The number of nitrogens with one attached hydrogen (secondary N) is 1. The second kappa shape index (κ2) is 9.96. The third-order valence-electron chi connectivity index (χ3n) is 3.17. The molecular weight excluding hydrogens is 238 g/mol. The number of aryl methyl sites for hydroxylation is 1. The maximum atomic E-state index is 5.24. The Morgan fingerprint density at radius 2 is 1.74 bits per heavy atom. The zero-order chi connectivity index (χ0) is 13.9. The molecule has 4 heteroatoms. The Balaban J connectivity index is 2.06. The first-order valence-corrected chi connectivity index (χ1v) is 7.77. The average molecular weight is 267 g/mol. The van der Waals surface area contributed by atoms with E-state index in [4.69, 9.17) is 4.52 Å². The average Bonchev–Trinajstić information content (AvgIpc) is 2.83. The first-order valence-electron chi connectivity index (χ1n) is 7.77. The van der Waals surface area contributed by atoms with Crippen LogP contribution in [0.5, 0.6) is 0 Å². The first-order chi connectivity index (χ1) is 9.22. The van der Waals surface area contributed by atoms with Crippen molar-refractivity contribution >= 4 is 0 Å². The lowest BCUT2D eigenvalue weighted by Crippen LogP contribution is -2.22. The fourth-order valence-corrected chi connectivity index (χ4v) is 1.99. The van der Waals surface area contributed by atoms with Crippen LogP contribution in [0.3, 0.4) is 0 Å². The highest BCUT2D eigenvalue weighted by Gasteiger charge is 2.06. The Hall–Kier alpha value is -0.900. The summed E-state index contributed by atoms with van der Waals surface area (Å²) in [4.78, 5) is 4.39. The molecule has 19 heavy (non-hydrogen) atoms. The molecule has 0 aliphatic heterocycles. The van der Waals surface area contributed by atoms with Crippen molar-refractivity contribution in [2.45, 2.75) is 84.7 Å². The predicted octanol–water partition coefficient (Wildman–Crippen LogP) is 3.86. The van der Waals surface area contributed by atoms with Crippen LogP contribution in [0.15, 0.2) is 4.52 Å². The van der Waals surface area contributed by atoms with Gasteiger partial charge in [0.2, 0.25) is 5.89 Å². The van der Waals surface area contributed by atoms with Gasteiger partial charge in [-0.25, -0.2) is 0 Å². The summed E-state index contributed by atoms with van der Waals surface area (Å²) in [6.07, 6.45) is 10.1. The summed E-state index contributed by atoms with van der Waals surface area (Å²) in [5.74, 6) is 1.56. The van der Waals surface area contributed by atoms with Crippen molar-refractivity contribution in [3.05, 3.63) is 11.7 Å². The number of hydrogen-bond donors (Lipinski definition) is 1. The van der Waals surface area contributed by atoms with E-state index in [9.17, 15) is 0 Å². The largest absolute Gasteiger partial charge is 0.339 e. The van der Waals surface area contributed by atoms with E-state index in [1.54, 1.807) is 0 Å². The summed E-state index contributed by atoms with van der Waals surface area (Å²) in [7, 11) is 0. The van der Waals surface area contributed by atoms with E-state index in [2.05, 4.69) is 36.2 Å². The van der Waals surface area contributed by atoms with Crippen LogP contribution in [-0.4, -0.2) is 16.2 Å². The molecule has 0 aliphatic carbocycles. The third kappa shape index (κ3) is 7.98. The van der Waals surface area contributed by atoms with Gasteiger partial charge in [0, 0.05) is 12.5 Å². The van der Waals surface area contributed by atoms with Gasteiger partial charge in [0.25, 0.3) is 0 Å². The molecule has 0 bridgehead atoms. The van der Waals surface area contributed by atoms with Gasteiger partial charge in [0.15, 0.2) is 5.82 Å². The van der Waals surface area contributed by atoms with Crippen LogP contribution in [0.2, 0.25) is 0 Å². The molecule has 0 spiro atoms. The molecule has 0 amide bonds. The summed E-state index contributed by atoms with van der Waals surface area (Å²) >= 11 is 0. The van der Waals surface area contributed by atoms with Gasteiger partial charge in [-0.3, -0.25) is 0 Å². The molecule has 1 rings (SSSR count). The highest BCUT2D eigenvalue weighted by molar-refractivity contribution is 4.86. The Labute approximate surface area is 117 Å². The maximum Gasteiger partial charge on any atom is 0.226 e. The molecule has 0 fully saturated rings. The first kappa shape index (κ1) is 16.2. The normalized spacial score (nSPS) is 11.4. The minimum absolute atomic E-state index is 0.449. The zero-order valence-electron chi connectivity index (χ0n) is 12.7. The smallest absolute Gasteiger partial charge is 0.226 e. The monoisotopic (exact) mass is 267 g/mol. The molecule has 0 saturated carbocycles. The number of hydrogen-bond acceptors (Lipinski definition) is 4. The summed E-state index contributed by atoms with van der Waals surface area (Å²) in [5.41, 5.74) is 0. The molecule has 1 aromatic heterocycles. The van der Waals surface area contributed by atoms with E-state index in [0.717, 1.165) is 24.6 Å². The molecule has 0 saturated heterocycles. The van der Waals surface area contributed by atoms with Crippen molar-refractivity contribution in [3.8, 4) is 0 Å². The van der Waals surface area contributed by atoms with Gasteiger partial charge in [0.05, 0.1) is 6.54 Å². The molecule has 0 radical (unpaired) electrons. The summed E-state index contributed by atoms with van der Waals surface area (Å²) in [6.45, 7) is 7.17. The van der Waals surface area contributed by atoms with Gasteiger partial charge in [-0.1, -0.05) is 64.5 Å². The molecule has 0 atom stereocenters. The molecular formula is C15H29N3O. The highest BCUT2D eigenvalue weighted by Crippen LogP contribution is 2.09. The SMILES string of the molecule is CCCCCCCCCc1nc(CNC(C)C)no1.